The first kappa shape index (κ1) is 19.1. The maximum Gasteiger partial charge on any atom is 0.277 e. The molecule has 0 unspecified atom stereocenters. The lowest BCUT2D eigenvalue weighted by molar-refractivity contribution is 0.0169. The lowest BCUT2D eigenvalue weighted by Gasteiger charge is -2.12. The average Bonchev–Trinajstić information content (AvgIpc) is 2.60. The van der Waals surface area contributed by atoms with Gasteiger partial charge in [0, 0.05) is 6.20 Å². The minimum absolute atomic E-state index is 0.0217. The van der Waals surface area contributed by atoms with Crippen molar-refractivity contribution in [2.24, 2.45) is 0 Å². The maximum atomic E-state index is 13.9. The molecule has 0 aliphatic rings. The van der Waals surface area contributed by atoms with Crippen LogP contribution in [-0.2, 0) is 4.84 Å². The monoisotopic (exact) mass is 331 g/mol. The summed E-state index contributed by atoms with van der Waals surface area (Å²) in [6.45, 7) is 1.55. The molecule has 24 heavy (non-hydrogen) atoms. The molecule has 1 aromatic carbocycles. The number of terminal acetylenes is 1. The summed E-state index contributed by atoms with van der Waals surface area (Å²) in [5.41, 5.74) is 3.81. The Kier molecular flexibility index (Phi) is 7.91. The van der Waals surface area contributed by atoms with Gasteiger partial charge in [-0.2, -0.15) is 0 Å². The van der Waals surface area contributed by atoms with Crippen molar-refractivity contribution in [2.75, 3.05) is 18.5 Å². The highest BCUT2D eigenvalue weighted by Crippen LogP contribution is 2.23. The lowest BCUT2D eigenvalue weighted by atomic mass is 10.2. The molecular formula is C17H18FN3O3. The minimum atomic E-state index is -0.522. The van der Waals surface area contributed by atoms with Gasteiger partial charge in [0.2, 0.25) is 0 Å². The van der Waals surface area contributed by atoms with E-state index in [0.717, 1.165) is 5.56 Å². The predicted octanol–water partition coefficient (Wildman–Crippen LogP) is 2.18. The number of amides is 1. The Hall–Kier alpha value is -2.95. The van der Waals surface area contributed by atoms with Crippen LogP contribution in [0.25, 0.3) is 0 Å². The summed E-state index contributed by atoms with van der Waals surface area (Å²) < 4.78 is 13.9. The van der Waals surface area contributed by atoms with Gasteiger partial charge in [-0.3, -0.25) is 14.6 Å². The van der Waals surface area contributed by atoms with Gasteiger partial charge in [0.15, 0.2) is 0 Å². The number of carbonyl (C=O) groups excluding carboxylic acids is 1. The number of nitrogens with one attached hydrogen (secondary N) is 2. The smallest absolute Gasteiger partial charge is 0.277 e. The van der Waals surface area contributed by atoms with Crippen molar-refractivity contribution in [3.8, 4) is 12.8 Å². The number of halogens is 1. The first-order valence-corrected chi connectivity index (χ1v) is 6.95. The van der Waals surface area contributed by atoms with E-state index in [1.54, 1.807) is 19.1 Å². The molecule has 3 N–H and O–H groups in total. The molecule has 0 aliphatic heterocycles. The summed E-state index contributed by atoms with van der Waals surface area (Å²) in [7, 11) is 0. The van der Waals surface area contributed by atoms with Gasteiger partial charge in [-0.05, 0) is 30.7 Å². The number of rotatable bonds is 6. The van der Waals surface area contributed by atoms with Crippen LogP contribution in [0.3, 0.4) is 0 Å². The van der Waals surface area contributed by atoms with Crippen LogP contribution in [0.15, 0.2) is 36.7 Å². The van der Waals surface area contributed by atoms with Gasteiger partial charge in [0.1, 0.15) is 5.82 Å². The van der Waals surface area contributed by atoms with E-state index in [9.17, 15) is 9.18 Å². The van der Waals surface area contributed by atoms with Crippen molar-refractivity contribution < 1.29 is 19.1 Å². The summed E-state index contributed by atoms with van der Waals surface area (Å²) in [4.78, 5) is 20.7. The van der Waals surface area contributed by atoms with E-state index in [2.05, 4.69) is 28.6 Å². The lowest BCUT2D eigenvalue weighted by Crippen LogP contribution is -2.25. The van der Waals surface area contributed by atoms with Crippen LogP contribution in [0.2, 0.25) is 0 Å². The highest BCUT2D eigenvalue weighted by molar-refractivity contribution is 5.99. The first-order chi connectivity index (χ1) is 11.6. The topological polar surface area (TPSA) is 83.5 Å². The third-order valence-corrected chi connectivity index (χ3v) is 2.82. The number of nitrogens with zero attached hydrogens (tertiary/aromatic N) is 1. The van der Waals surface area contributed by atoms with Crippen LogP contribution >= 0.6 is 0 Å². The summed E-state index contributed by atoms with van der Waals surface area (Å²) >= 11 is 0. The number of hydrogen-bond acceptors (Lipinski definition) is 5. The Morgan fingerprint density at radius 1 is 1.33 bits per heavy atom. The Morgan fingerprint density at radius 2 is 2.08 bits per heavy atom. The molecule has 0 spiro atoms. The molecule has 0 radical (unpaired) electrons. The van der Waals surface area contributed by atoms with E-state index in [-0.39, 0.29) is 24.5 Å². The maximum absolute atomic E-state index is 13.9. The van der Waals surface area contributed by atoms with Crippen molar-refractivity contribution in [3.63, 3.8) is 0 Å². The van der Waals surface area contributed by atoms with Crippen LogP contribution in [-0.4, -0.2) is 29.2 Å². The predicted molar refractivity (Wildman–Crippen MR) is 89.1 cm³/mol. The summed E-state index contributed by atoms with van der Waals surface area (Å²) in [6.07, 6.45) is 10.9. The van der Waals surface area contributed by atoms with Crippen LogP contribution in [0.4, 0.5) is 15.8 Å². The summed E-state index contributed by atoms with van der Waals surface area (Å²) in [5, 5.41) is 11.4. The van der Waals surface area contributed by atoms with Gasteiger partial charge in [-0.15, -0.1) is 12.8 Å². The number of hydrogen-bond donors (Lipinski definition) is 3. The van der Waals surface area contributed by atoms with Crippen molar-refractivity contribution >= 4 is 17.3 Å². The third-order valence-electron chi connectivity index (χ3n) is 2.82. The standard InChI is InChI=1S/C15H16FN3O3.C2H2/c1-10-2-3-13(12(16)8-10)18-14-9-17-5-4-11(14)15(21)19-22-7-6-20;1-2/h2-5,8-9,18,20H,6-7H2,1H3,(H,19,21);1-2H. The number of carbonyl (C=O) groups is 1. The van der Waals surface area contributed by atoms with Crippen LogP contribution < -0.4 is 10.8 Å². The Balaban J connectivity index is 0.00000139. The first-order valence-electron chi connectivity index (χ1n) is 6.95. The van der Waals surface area contributed by atoms with E-state index in [0.29, 0.717) is 5.69 Å². The highest BCUT2D eigenvalue weighted by Gasteiger charge is 2.13. The number of pyridine rings is 1. The second-order valence-corrected chi connectivity index (χ2v) is 4.53. The van der Waals surface area contributed by atoms with Gasteiger partial charge in [0.05, 0.1) is 36.3 Å². The number of benzene rings is 1. The molecule has 1 amide bonds. The van der Waals surface area contributed by atoms with Gasteiger partial charge in [-0.1, -0.05) is 6.07 Å². The van der Waals surface area contributed by atoms with Gasteiger partial charge in [-0.25, -0.2) is 9.87 Å². The zero-order valence-corrected chi connectivity index (χ0v) is 13.1. The number of anilines is 2. The fraction of sp³-hybridized carbons (Fsp3) is 0.176. The van der Waals surface area contributed by atoms with Crippen LogP contribution in [0.1, 0.15) is 15.9 Å². The summed E-state index contributed by atoms with van der Waals surface area (Å²) in [5.74, 6) is -0.947. The zero-order valence-electron chi connectivity index (χ0n) is 13.1. The number of aliphatic hydroxyl groups is 1. The second-order valence-electron chi connectivity index (χ2n) is 4.53. The molecule has 0 atom stereocenters. The van der Waals surface area contributed by atoms with E-state index in [1.807, 2.05) is 0 Å². The Bertz CT molecular complexity index is 704. The van der Waals surface area contributed by atoms with Gasteiger partial charge >= 0.3 is 0 Å². The molecule has 6 nitrogen and oxygen atoms in total. The molecule has 0 aliphatic carbocycles. The number of aryl methyl sites for hydroxylation is 1. The van der Waals surface area contributed by atoms with Crippen molar-refractivity contribution in [1.82, 2.24) is 10.5 Å². The zero-order chi connectivity index (χ0) is 17.9. The van der Waals surface area contributed by atoms with Crippen LogP contribution in [0.5, 0.6) is 0 Å². The third kappa shape index (κ3) is 5.35. The quantitative estimate of drug-likeness (QED) is 0.429. The minimum Gasteiger partial charge on any atom is -0.394 e. The second kappa shape index (κ2) is 9.94. The molecule has 2 rings (SSSR count). The van der Waals surface area contributed by atoms with Gasteiger partial charge < -0.3 is 10.4 Å². The van der Waals surface area contributed by atoms with Crippen molar-refractivity contribution in [3.05, 3.63) is 53.6 Å². The molecule has 126 valence electrons. The molecule has 2 aromatic rings. The SMILES string of the molecule is C#C.Cc1ccc(Nc2cnccc2C(=O)NOCCO)c(F)c1. The fourth-order valence-electron chi connectivity index (χ4n) is 1.78. The summed E-state index contributed by atoms with van der Waals surface area (Å²) in [6, 6.07) is 6.21. The normalized spacial score (nSPS) is 9.54. The molecule has 1 heterocycles. The van der Waals surface area contributed by atoms with E-state index in [4.69, 9.17) is 9.94 Å². The number of aliphatic hydroxyl groups excluding tert-OH is 1. The molecule has 7 heteroatoms. The fourth-order valence-corrected chi connectivity index (χ4v) is 1.78. The number of aromatic nitrogens is 1. The largest absolute Gasteiger partial charge is 0.394 e. The Morgan fingerprint density at radius 3 is 2.75 bits per heavy atom. The molecular weight excluding hydrogens is 313 g/mol. The number of hydroxylamine groups is 1. The molecule has 0 bridgehead atoms. The molecule has 1 aromatic heterocycles. The molecule has 0 saturated carbocycles. The van der Waals surface area contributed by atoms with E-state index >= 15 is 0 Å². The van der Waals surface area contributed by atoms with Crippen molar-refractivity contribution in [1.29, 1.82) is 0 Å². The van der Waals surface area contributed by atoms with E-state index in [1.165, 1.54) is 24.5 Å². The Labute approximate surface area is 139 Å². The van der Waals surface area contributed by atoms with E-state index < -0.39 is 11.7 Å². The van der Waals surface area contributed by atoms with Gasteiger partial charge in [0.25, 0.3) is 5.91 Å². The van der Waals surface area contributed by atoms with Crippen LogP contribution in [0, 0.1) is 25.6 Å². The molecule has 0 fully saturated rings. The highest BCUT2D eigenvalue weighted by atomic mass is 19.1. The van der Waals surface area contributed by atoms with Crippen molar-refractivity contribution in [2.45, 2.75) is 6.92 Å². The molecule has 0 saturated heterocycles. The average molecular weight is 331 g/mol.